The van der Waals surface area contributed by atoms with Gasteiger partial charge in [0.25, 0.3) is 0 Å². The highest BCUT2D eigenvalue weighted by molar-refractivity contribution is 9.10. The van der Waals surface area contributed by atoms with E-state index in [1.807, 2.05) is 18.2 Å². The molecule has 27 heavy (non-hydrogen) atoms. The first kappa shape index (κ1) is 19.4. The number of methoxy groups -OCH3 is 1. The molecule has 0 spiro atoms. The molecule has 0 aromatic heterocycles. The van der Waals surface area contributed by atoms with E-state index in [4.69, 9.17) is 9.47 Å². The van der Waals surface area contributed by atoms with Crippen molar-refractivity contribution in [3.8, 4) is 11.5 Å². The van der Waals surface area contributed by atoms with Gasteiger partial charge in [0, 0.05) is 34.9 Å². The highest BCUT2D eigenvalue weighted by Crippen LogP contribution is 2.34. The molecule has 1 aliphatic heterocycles. The van der Waals surface area contributed by atoms with E-state index in [0.717, 1.165) is 22.2 Å². The Morgan fingerprint density at radius 2 is 1.96 bits per heavy atom. The van der Waals surface area contributed by atoms with Crippen LogP contribution in [-0.2, 0) is 4.79 Å². The van der Waals surface area contributed by atoms with Crippen LogP contribution in [0, 0.1) is 0 Å². The first-order valence-corrected chi connectivity index (χ1v) is 9.75. The van der Waals surface area contributed by atoms with Crippen LogP contribution >= 0.6 is 15.9 Å². The van der Waals surface area contributed by atoms with Gasteiger partial charge in [-0.15, -0.1) is 0 Å². The molecule has 0 fully saturated rings. The van der Waals surface area contributed by atoms with Crippen molar-refractivity contribution in [1.82, 2.24) is 5.32 Å². The van der Waals surface area contributed by atoms with Gasteiger partial charge >= 0.3 is 0 Å². The number of fused-ring (bicyclic) bond motifs is 1. The van der Waals surface area contributed by atoms with Crippen molar-refractivity contribution in [1.29, 1.82) is 0 Å². The summed E-state index contributed by atoms with van der Waals surface area (Å²) in [5, 5.41) is 3.06. The number of benzene rings is 2. The summed E-state index contributed by atoms with van der Waals surface area (Å²) in [5.74, 6) is 1.51. The summed E-state index contributed by atoms with van der Waals surface area (Å²) in [6, 6.07) is 12.8. The predicted octanol–water partition coefficient (Wildman–Crippen LogP) is 4.45. The number of ketones is 1. The quantitative estimate of drug-likeness (QED) is 0.657. The van der Waals surface area contributed by atoms with Gasteiger partial charge in [-0.25, -0.2) is 0 Å². The normalized spacial score (nSPS) is 15.4. The molecule has 2 aromatic carbocycles. The molecule has 0 radical (unpaired) electrons. The molecule has 1 unspecified atom stereocenters. The molecule has 3 rings (SSSR count). The number of nitrogens with one attached hydrogen (secondary N) is 1. The number of amides is 1. The van der Waals surface area contributed by atoms with E-state index < -0.39 is 0 Å². The number of rotatable bonds is 7. The van der Waals surface area contributed by atoms with Crippen LogP contribution in [0.15, 0.2) is 46.9 Å². The van der Waals surface area contributed by atoms with Gasteiger partial charge in [-0.05, 0) is 48.9 Å². The smallest absolute Gasteiger partial charge is 0.220 e. The minimum atomic E-state index is -0.0592. The second-order valence-electron chi connectivity index (χ2n) is 6.44. The maximum absolute atomic E-state index is 12.3. The fraction of sp³-hybridized carbons (Fsp3) is 0.333. The second kappa shape index (κ2) is 9.04. The summed E-state index contributed by atoms with van der Waals surface area (Å²) in [4.78, 5) is 24.5. The van der Waals surface area contributed by atoms with Crippen LogP contribution in [0.3, 0.4) is 0 Å². The molecule has 0 bridgehead atoms. The van der Waals surface area contributed by atoms with Crippen molar-refractivity contribution >= 4 is 27.6 Å². The van der Waals surface area contributed by atoms with Gasteiger partial charge in [-0.1, -0.05) is 15.9 Å². The predicted molar refractivity (Wildman–Crippen MR) is 106 cm³/mol. The molecule has 0 saturated heterocycles. The third-order valence-electron chi connectivity index (χ3n) is 4.57. The van der Waals surface area contributed by atoms with Crippen LogP contribution in [0.4, 0.5) is 0 Å². The minimum Gasteiger partial charge on any atom is -0.497 e. The summed E-state index contributed by atoms with van der Waals surface area (Å²) < 4.78 is 11.7. The number of Topliss-reactive ketones (excluding diaryl/α,β-unsaturated/α-hetero) is 1. The Balaban J connectivity index is 1.49. The number of halogens is 1. The van der Waals surface area contributed by atoms with E-state index in [9.17, 15) is 9.59 Å². The van der Waals surface area contributed by atoms with Crippen LogP contribution in [0.2, 0.25) is 0 Å². The third-order valence-corrected chi connectivity index (χ3v) is 5.06. The highest BCUT2D eigenvalue weighted by Gasteiger charge is 2.23. The van der Waals surface area contributed by atoms with Crippen LogP contribution in [-0.4, -0.2) is 25.4 Å². The average molecular weight is 432 g/mol. The van der Waals surface area contributed by atoms with E-state index in [0.29, 0.717) is 37.2 Å². The largest absolute Gasteiger partial charge is 0.497 e. The molecule has 1 heterocycles. The number of carbonyl (C=O) groups is 2. The fourth-order valence-corrected chi connectivity index (χ4v) is 3.49. The van der Waals surface area contributed by atoms with E-state index in [2.05, 4.69) is 21.2 Å². The molecule has 2 aromatic rings. The molecule has 1 amide bonds. The molecule has 1 N–H and O–H groups in total. The third kappa shape index (κ3) is 5.10. The first-order valence-electron chi connectivity index (χ1n) is 8.95. The standard InChI is InChI=1S/C21H22BrNO4/c1-26-16-8-5-14(6-9-16)19(24)3-2-4-21(25)23-18-11-12-27-20-10-7-15(22)13-17(18)20/h5-10,13,18H,2-4,11-12H2,1H3,(H,23,25). The zero-order valence-corrected chi connectivity index (χ0v) is 16.8. The van der Waals surface area contributed by atoms with E-state index in [1.54, 1.807) is 31.4 Å². The van der Waals surface area contributed by atoms with Gasteiger partial charge in [0.2, 0.25) is 5.91 Å². The second-order valence-corrected chi connectivity index (χ2v) is 7.36. The monoisotopic (exact) mass is 431 g/mol. The number of ether oxygens (including phenoxy) is 2. The Morgan fingerprint density at radius 1 is 1.19 bits per heavy atom. The number of hydrogen-bond donors (Lipinski definition) is 1. The Bertz CT molecular complexity index is 819. The van der Waals surface area contributed by atoms with Crippen molar-refractivity contribution in [2.45, 2.75) is 31.7 Å². The van der Waals surface area contributed by atoms with Gasteiger partial charge in [-0.2, -0.15) is 0 Å². The van der Waals surface area contributed by atoms with Crippen LogP contribution in [0.1, 0.15) is 47.6 Å². The highest BCUT2D eigenvalue weighted by atomic mass is 79.9. The van der Waals surface area contributed by atoms with Crippen molar-refractivity contribution in [2.24, 2.45) is 0 Å². The molecular formula is C21H22BrNO4. The summed E-state index contributed by atoms with van der Waals surface area (Å²) in [7, 11) is 1.59. The lowest BCUT2D eigenvalue weighted by Gasteiger charge is -2.27. The van der Waals surface area contributed by atoms with Gasteiger partial charge in [0.1, 0.15) is 11.5 Å². The molecule has 0 aliphatic carbocycles. The molecule has 6 heteroatoms. The average Bonchev–Trinajstić information content (AvgIpc) is 2.68. The van der Waals surface area contributed by atoms with Crippen molar-refractivity contribution in [3.05, 3.63) is 58.1 Å². The van der Waals surface area contributed by atoms with Crippen LogP contribution < -0.4 is 14.8 Å². The topological polar surface area (TPSA) is 64.6 Å². The molecular weight excluding hydrogens is 410 g/mol. The Morgan fingerprint density at radius 3 is 2.70 bits per heavy atom. The lowest BCUT2D eigenvalue weighted by atomic mass is 10.00. The van der Waals surface area contributed by atoms with E-state index >= 15 is 0 Å². The van der Waals surface area contributed by atoms with Gasteiger partial charge in [-0.3, -0.25) is 9.59 Å². The van der Waals surface area contributed by atoms with Crippen molar-refractivity contribution < 1.29 is 19.1 Å². The molecule has 142 valence electrons. The van der Waals surface area contributed by atoms with Crippen LogP contribution in [0.25, 0.3) is 0 Å². The molecule has 1 atom stereocenters. The summed E-state index contributed by atoms with van der Waals surface area (Å²) in [5.41, 5.74) is 1.62. The van der Waals surface area contributed by atoms with Gasteiger partial charge in [0.05, 0.1) is 19.8 Å². The minimum absolute atomic E-state index is 0.0331. The number of hydrogen-bond acceptors (Lipinski definition) is 4. The van der Waals surface area contributed by atoms with Crippen molar-refractivity contribution in [3.63, 3.8) is 0 Å². The Hall–Kier alpha value is -2.34. The first-order chi connectivity index (χ1) is 13.1. The summed E-state index contributed by atoms with van der Waals surface area (Å²) >= 11 is 3.46. The van der Waals surface area contributed by atoms with Crippen LogP contribution in [0.5, 0.6) is 11.5 Å². The van der Waals surface area contributed by atoms with Gasteiger partial charge < -0.3 is 14.8 Å². The SMILES string of the molecule is COc1ccc(C(=O)CCCC(=O)NC2CCOc3ccc(Br)cc32)cc1. The summed E-state index contributed by atoms with van der Waals surface area (Å²) in [6.07, 6.45) is 1.92. The maximum atomic E-state index is 12.3. The van der Waals surface area contributed by atoms with E-state index in [1.165, 1.54) is 0 Å². The zero-order chi connectivity index (χ0) is 19.2. The number of carbonyl (C=O) groups excluding carboxylic acids is 2. The molecule has 0 saturated carbocycles. The molecule has 1 aliphatic rings. The lowest BCUT2D eigenvalue weighted by Crippen LogP contribution is -2.32. The lowest BCUT2D eigenvalue weighted by molar-refractivity contribution is -0.122. The Labute approximate surface area is 167 Å². The van der Waals surface area contributed by atoms with Gasteiger partial charge in [0.15, 0.2) is 5.78 Å². The van der Waals surface area contributed by atoms with E-state index in [-0.39, 0.29) is 17.7 Å². The molecule has 5 nitrogen and oxygen atoms in total. The maximum Gasteiger partial charge on any atom is 0.220 e. The fourth-order valence-electron chi connectivity index (χ4n) is 3.11. The zero-order valence-electron chi connectivity index (χ0n) is 15.2. The summed E-state index contributed by atoms with van der Waals surface area (Å²) in [6.45, 7) is 0.579. The van der Waals surface area contributed by atoms with Crippen molar-refractivity contribution in [2.75, 3.05) is 13.7 Å². The Kier molecular flexibility index (Phi) is 6.50.